The highest BCUT2D eigenvalue weighted by molar-refractivity contribution is 6.01. The highest BCUT2D eigenvalue weighted by Gasteiger charge is 2.70. The van der Waals surface area contributed by atoms with Crippen LogP contribution in [0.5, 0.6) is 0 Å². The third-order valence-corrected chi connectivity index (χ3v) is 19.8. The van der Waals surface area contributed by atoms with Gasteiger partial charge in [0.05, 0.1) is 64.3 Å². The average Bonchev–Trinajstić information content (AvgIpc) is 3.81. The molecule has 8 rings (SSSR count). The predicted octanol–water partition coefficient (Wildman–Crippen LogP) is 4.13. The maximum absolute atomic E-state index is 13.6. The molecule has 0 amide bonds. The molecule has 8 aliphatic rings. The van der Waals surface area contributed by atoms with E-state index < -0.39 is 88.3 Å². The molecule has 0 aromatic rings. The first kappa shape index (κ1) is 55.8. The van der Waals surface area contributed by atoms with Gasteiger partial charge in [-0.15, -0.1) is 0 Å². The minimum absolute atomic E-state index is 0.0200. The molecule has 0 bridgehead atoms. The molecule has 6 fully saturated rings. The molecule has 8 aliphatic carbocycles. The number of Topliss-reactive ketones (excluding diaryl/α,β-unsaturated/α-hetero) is 2. The number of esters is 4. The number of carbonyl (C=O) groups excluding carboxylic acids is 8. The van der Waals surface area contributed by atoms with E-state index in [1.807, 2.05) is 19.9 Å². The summed E-state index contributed by atoms with van der Waals surface area (Å²) >= 11 is 0. The van der Waals surface area contributed by atoms with Gasteiger partial charge in [0, 0.05) is 28.6 Å². The van der Waals surface area contributed by atoms with E-state index in [1.54, 1.807) is 18.2 Å². The zero-order chi connectivity index (χ0) is 53.4. The molecule has 0 spiro atoms. The smallest absolute Gasteiger partial charge is 0.306 e. The molecular formula is C56H76O18. The summed E-state index contributed by atoms with van der Waals surface area (Å²) in [5, 5.41) is 47.0. The summed E-state index contributed by atoms with van der Waals surface area (Å²) in [5.41, 5.74) is -4.13. The molecule has 0 heterocycles. The summed E-state index contributed by atoms with van der Waals surface area (Å²) in [6, 6.07) is 0. The summed E-state index contributed by atoms with van der Waals surface area (Å²) in [7, 11) is 0. The maximum Gasteiger partial charge on any atom is 0.306 e. The van der Waals surface area contributed by atoms with Crippen LogP contribution in [0.1, 0.15) is 130 Å². The Kier molecular flexibility index (Phi) is 16.5. The Bertz CT molecular complexity index is 2340. The second-order valence-corrected chi connectivity index (χ2v) is 23.4. The van der Waals surface area contributed by atoms with Gasteiger partial charge in [0.15, 0.2) is 24.8 Å². The van der Waals surface area contributed by atoms with Crippen molar-refractivity contribution in [2.24, 2.45) is 57.2 Å². The molecule has 18 heteroatoms. The number of aliphatic hydroxyl groups excluding tert-OH is 2. The topological polar surface area (TPSA) is 273 Å². The van der Waals surface area contributed by atoms with Gasteiger partial charge in [0.2, 0.25) is 11.6 Å². The molecule has 18 nitrogen and oxygen atoms in total. The van der Waals surface area contributed by atoms with Crippen LogP contribution in [-0.2, 0) is 66.8 Å². The molecule has 6 saturated carbocycles. The van der Waals surface area contributed by atoms with Gasteiger partial charge in [-0.2, -0.15) is 0 Å². The Morgan fingerprint density at radius 3 is 1.51 bits per heavy atom. The first-order chi connectivity index (χ1) is 35.0. The van der Waals surface area contributed by atoms with Crippen LogP contribution in [0.4, 0.5) is 0 Å². The summed E-state index contributed by atoms with van der Waals surface area (Å²) in [4.78, 5) is 101. The molecule has 0 saturated heterocycles. The highest BCUT2D eigenvalue weighted by atomic mass is 16.6. The zero-order valence-electron chi connectivity index (χ0n) is 43.4. The van der Waals surface area contributed by atoms with E-state index in [0.29, 0.717) is 32.1 Å². The molecule has 0 aliphatic heterocycles. The van der Waals surface area contributed by atoms with Gasteiger partial charge in [-0.25, -0.2) is 0 Å². The van der Waals surface area contributed by atoms with Crippen LogP contribution in [0, 0.1) is 57.2 Å². The van der Waals surface area contributed by atoms with Gasteiger partial charge < -0.3 is 48.8 Å². The van der Waals surface area contributed by atoms with Crippen molar-refractivity contribution in [1.29, 1.82) is 0 Å². The van der Waals surface area contributed by atoms with Gasteiger partial charge >= 0.3 is 23.9 Å². The molecule has 408 valence electrons. The number of fused-ring (bicyclic) bond motifs is 10. The zero-order valence-corrected chi connectivity index (χ0v) is 43.4. The molecule has 74 heavy (non-hydrogen) atoms. The van der Waals surface area contributed by atoms with Crippen LogP contribution in [0.3, 0.4) is 0 Å². The van der Waals surface area contributed by atoms with Gasteiger partial charge in [-0.05, 0) is 124 Å². The van der Waals surface area contributed by atoms with Crippen LogP contribution in [0.2, 0.25) is 0 Å². The number of hydrogen-bond acceptors (Lipinski definition) is 18. The standard InChI is InChI=1S/C56H76O18/c1-51-17-13-35(57)27-33(51)5-7-37-39-15-19-55(67,53(39,3)29-41(59)49(37)51)43(61)31-73-47(65)11-9-45(63)71-25-23-69-21-22-70-24-26-72-46(64)10-12-48(66)74-32-44(62)56(68)20-16-40-38-8-6-34-28-36(58)14-18-52(34,2)50(38)42(60)30-54(40,56)4/h13,17,27-28,37-42,49-50,59-60,67-68H,5-12,14-16,18-26,29-32H2,1-4H3. The molecule has 0 aromatic carbocycles. The largest absolute Gasteiger partial charge is 0.463 e. The van der Waals surface area contributed by atoms with Crippen LogP contribution in [-0.4, -0.2) is 144 Å². The summed E-state index contributed by atoms with van der Waals surface area (Å²) in [6.07, 6.45) is 10.1. The molecule has 14 atom stereocenters. The second kappa shape index (κ2) is 21.9. The van der Waals surface area contributed by atoms with Crippen molar-refractivity contribution in [1.82, 2.24) is 0 Å². The fourth-order valence-corrected chi connectivity index (χ4v) is 15.9. The Balaban J connectivity index is 0.638. The van der Waals surface area contributed by atoms with Crippen molar-refractivity contribution in [2.45, 2.75) is 154 Å². The number of hydrogen-bond donors (Lipinski definition) is 4. The van der Waals surface area contributed by atoms with Crippen molar-refractivity contribution in [3.8, 4) is 0 Å². The van der Waals surface area contributed by atoms with Gasteiger partial charge in [0.25, 0.3) is 0 Å². The minimum atomic E-state index is -1.81. The van der Waals surface area contributed by atoms with E-state index >= 15 is 0 Å². The van der Waals surface area contributed by atoms with E-state index in [0.717, 1.165) is 30.4 Å². The van der Waals surface area contributed by atoms with E-state index in [2.05, 4.69) is 13.8 Å². The lowest BCUT2D eigenvalue weighted by Crippen LogP contribution is -2.62. The first-order valence-electron chi connectivity index (χ1n) is 26.8. The summed E-state index contributed by atoms with van der Waals surface area (Å²) < 4.78 is 31.4. The Morgan fingerprint density at radius 1 is 0.554 bits per heavy atom. The normalized spacial score (nSPS) is 38.6. The fourth-order valence-electron chi connectivity index (χ4n) is 15.9. The van der Waals surface area contributed by atoms with Crippen molar-refractivity contribution >= 4 is 47.0 Å². The third-order valence-electron chi connectivity index (χ3n) is 19.8. The highest BCUT2D eigenvalue weighted by Crippen LogP contribution is 2.69. The number of allylic oxidation sites excluding steroid dienone is 5. The number of aliphatic hydroxyl groups is 4. The number of ether oxygens (including phenoxy) is 6. The van der Waals surface area contributed by atoms with Crippen molar-refractivity contribution in [3.63, 3.8) is 0 Å². The van der Waals surface area contributed by atoms with Crippen LogP contribution in [0.15, 0.2) is 35.5 Å². The lowest BCUT2D eigenvalue weighted by Gasteiger charge is -2.60. The molecule has 0 aromatic heterocycles. The summed E-state index contributed by atoms with van der Waals surface area (Å²) in [5.74, 6) is -4.34. The van der Waals surface area contributed by atoms with Gasteiger partial charge in [-0.3, -0.25) is 38.4 Å². The minimum Gasteiger partial charge on any atom is -0.463 e. The van der Waals surface area contributed by atoms with Gasteiger partial charge in [0.1, 0.15) is 24.4 Å². The molecule has 0 radical (unpaired) electrons. The van der Waals surface area contributed by atoms with Crippen LogP contribution < -0.4 is 0 Å². The van der Waals surface area contributed by atoms with Crippen LogP contribution >= 0.6 is 0 Å². The van der Waals surface area contributed by atoms with E-state index in [9.17, 15) is 58.8 Å². The third kappa shape index (κ3) is 10.3. The molecule has 14 unspecified atom stereocenters. The number of carbonyl (C=O) groups is 8. The average molecular weight is 1040 g/mol. The maximum atomic E-state index is 13.6. The van der Waals surface area contributed by atoms with Crippen molar-refractivity contribution in [2.75, 3.05) is 52.9 Å². The fraction of sp³-hybridized carbons (Fsp3) is 0.750. The second-order valence-electron chi connectivity index (χ2n) is 23.4. The Labute approximate surface area is 432 Å². The Hall–Kier alpha value is -4.46. The predicted molar refractivity (Wildman–Crippen MR) is 260 cm³/mol. The Morgan fingerprint density at radius 2 is 1.00 bits per heavy atom. The number of rotatable bonds is 21. The van der Waals surface area contributed by atoms with Crippen molar-refractivity contribution < 1.29 is 87.2 Å². The van der Waals surface area contributed by atoms with E-state index in [-0.39, 0.29) is 143 Å². The molecule has 4 N–H and O–H groups in total. The monoisotopic (exact) mass is 1040 g/mol. The quantitative estimate of drug-likeness (QED) is 0.0715. The van der Waals surface area contributed by atoms with Crippen LogP contribution in [0.25, 0.3) is 0 Å². The first-order valence-corrected chi connectivity index (χ1v) is 26.8. The lowest BCUT2D eigenvalue weighted by molar-refractivity contribution is -0.184. The van der Waals surface area contributed by atoms with Gasteiger partial charge in [-0.1, -0.05) is 44.9 Å². The van der Waals surface area contributed by atoms with E-state index in [1.165, 1.54) is 0 Å². The molecular weight excluding hydrogens is 961 g/mol. The summed E-state index contributed by atoms with van der Waals surface area (Å²) in [6.45, 7) is 6.74. The SMILES string of the molecule is CC12C=CC(=O)C=C1CCC1C2C(O)CC2(C)C1CCC2(O)C(=O)COC(=O)CCC(=O)OCCOCCOCCOC(=O)CCC(=O)OCC(=O)C1(O)CCC2C3CCC4=CC(=O)CCC4(C)C3C(O)CC21C. The van der Waals surface area contributed by atoms with E-state index in [4.69, 9.17) is 28.4 Å². The number of ketones is 4. The van der Waals surface area contributed by atoms with Crippen molar-refractivity contribution in [3.05, 3.63) is 35.5 Å². The lowest BCUT2D eigenvalue weighted by atomic mass is 9.45.